The van der Waals surface area contributed by atoms with Gasteiger partial charge < -0.3 is 5.32 Å². The van der Waals surface area contributed by atoms with Crippen LogP contribution in [0.3, 0.4) is 0 Å². The quantitative estimate of drug-likeness (QED) is 0.484. The van der Waals surface area contributed by atoms with E-state index >= 15 is 0 Å². The zero-order valence-electron chi connectivity index (χ0n) is 20.2. The summed E-state index contributed by atoms with van der Waals surface area (Å²) in [5.41, 5.74) is 4.85. The molecule has 0 heterocycles. The van der Waals surface area contributed by atoms with Crippen molar-refractivity contribution in [1.29, 1.82) is 0 Å². The molecule has 7 heteroatoms. The average molecular weight is 483 g/mol. The highest BCUT2D eigenvalue weighted by molar-refractivity contribution is 7.89. The van der Waals surface area contributed by atoms with Crippen LogP contribution in [0.25, 0.3) is 0 Å². The lowest BCUT2D eigenvalue weighted by atomic mass is 10.1. The maximum absolute atomic E-state index is 13.8. The van der Waals surface area contributed by atoms with Gasteiger partial charge >= 0.3 is 0 Å². The van der Waals surface area contributed by atoms with E-state index in [1.807, 2.05) is 50.2 Å². The third-order valence-corrected chi connectivity index (χ3v) is 7.85. The molecule has 3 rings (SSSR count). The fourth-order valence-electron chi connectivity index (χ4n) is 4.11. The third-order valence-electron chi connectivity index (χ3n) is 5.75. The summed E-state index contributed by atoms with van der Waals surface area (Å²) in [5, 5.41) is 2.84. The molecule has 0 aliphatic carbocycles. The van der Waals surface area contributed by atoms with Gasteiger partial charge in [-0.2, -0.15) is 4.31 Å². The Morgan fingerprint density at radius 1 is 0.912 bits per heavy atom. The molecule has 5 nitrogen and oxygen atoms in total. The number of amides is 1. The topological polar surface area (TPSA) is 66.5 Å². The summed E-state index contributed by atoms with van der Waals surface area (Å²) >= 11 is 0. The highest BCUT2D eigenvalue weighted by Crippen LogP contribution is 2.26. The van der Waals surface area contributed by atoms with Crippen molar-refractivity contribution in [3.05, 3.63) is 99.9 Å². The van der Waals surface area contributed by atoms with Gasteiger partial charge in [0, 0.05) is 6.54 Å². The van der Waals surface area contributed by atoms with Crippen LogP contribution < -0.4 is 5.32 Å². The molecule has 180 valence electrons. The minimum Gasteiger partial charge on any atom is -0.348 e. The van der Waals surface area contributed by atoms with E-state index in [1.54, 1.807) is 32.9 Å². The van der Waals surface area contributed by atoms with Crippen LogP contribution in [0, 0.1) is 33.5 Å². The van der Waals surface area contributed by atoms with Crippen molar-refractivity contribution < 1.29 is 17.6 Å². The highest BCUT2D eigenvalue weighted by Gasteiger charge is 2.30. The minimum atomic E-state index is -3.97. The molecule has 0 saturated carbocycles. The van der Waals surface area contributed by atoms with E-state index in [9.17, 15) is 17.6 Å². The summed E-state index contributed by atoms with van der Waals surface area (Å²) in [6, 6.07) is 16.7. The molecule has 1 atom stereocenters. The number of aryl methyl sites for hydroxylation is 4. The molecule has 34 heavy (non-hydrogen) atoms. The fourth-order valence-corrected chi connectivity index (χ4v) is 5.90. The number of carbonyl (C=O) groups excluding carboxylic acids is 1. The molecule has 0 aliphatic rings. The molecule has 1 unspecified atom stereocenters. The smallest absolute Gasteiger partial charge is 0.244 e. The first-order valence-corrected chi connectivity index (χ1v) is 12.6. The zero-order valence-corrected chi connectivity index (χ0v) is 21.0. The lowest BCUT2D eigenvalue weighted by molar-refractivity contribution is -0.122. The Balaban J connectivity index is 1.91. The first-order valence-electron chi connectivity index (χ1n) is 11.2. The molecule has 0 fully saturated rings. The largest absolute Gasteiger partial charge is 0.348 e. The third kappa shape index (κ3) is 6.10. The molecule has 0 bridgehead atoms. The van der Waals surface area contributed by atoms with Gasteiger partial charge in [0.2, 0.25) is 15.9 Å². The van der Waals surface area contributed by atoms with E-state index in [2.05, 4.69) is 5.32 Å². The van der Waals surface area contributed by atoms with Crippen LogP contribution in [0.5, 0.6) is 0 Å². The molecule has 0 spiro atoms. The molecule has 0 saturated heterocycles. The Hall–Kier alpha value is -3.03. The van der Waals surface area contributed by atoms with Gasteiger partial charge in [-0.1, -0.05) is 59.7 Å². The Labute approximate surface area is 201 Å². The first-order chi connectivity index (χ1) is 16.0. The van der Waals surface area contributed by atoms with Gasteiger partial charge in [0.1, 0.15) is 5.82 Å². The Morgan fingerprint density at radius 3 is 2.03 bits per heavy atom. The second kappa shape index (κ2) is 10.5. The van der Waals surface area contributed by atoms with E-state index in [4.69, 9.17) is 0 Å². The van der Waals surface area contributed by atoms with E-state index in [0.717, 1.165) is 22.3 Å². The molecule has 0 radical (unpaired) electrons. The Bertz CT molecular complexity index is 1250. The number of halogens is 1. The van der Waals surface area contributed by atoms with Crippen molar-refractivity contribution in [2.45, 2.75) is 52.1 Å². The first kappa shape index (κ1) is 25.6. The second-order valence-corrected chi connectivity index (χ2v) is 10.7. The lowest BCUT2D eigenvalue weighted by Gasteiger charge is -2.25. The van der Waals surface area contributed by atoms with Crippen molar-refractivity contribution in [2.75, 3.05) is 6.54 Å². The number of rotatable bonds is 8. The Morgan fingerprint density at radius 2 is 1.47 bits per heavy atom. The van der Waals surface area contributed by atoms with E-state index < -0.39 is 22.0 Å². The predicted molar refractivity (Wildman–Crippen MR) is 132 cm³/mol. The van der Waals surface area contributed by atoms with Crippen molar-refractivity contribution in [1.82, 2.24) is 9.62 Å². The van der Waals surface area contributed by atoms with Gasteiger partial charge in [0.25, 0.3) is 0 Å². The van der Waals surface area contributed by atoms with Crippen LogP contribution in [-0.4, -0.2) is 25.2 Å². The van der Waals surface area contributed by atoms with Crippen LogP contribution in [-0.2, 0) is 21.4 Å². The summed E-state index contributed by atoms with van der Waals surface area (Å²) in [5.74, 6) is -0.795. The molecule has 1 N–H and O–H groups in total. The fraction of sp³-hybridized carbons (Fsp3) is 0.296. The van der Waals surface area contributed by atoms with Crippen molar-refractivity contribution in [2.24, 2.45) is 0 Å². The number of nitrogens with zero attached hydrogens (tertiary/aromatic N) is 1. The lowest BCUT2D eigenvalue weighted by Crippen LogP contribution is -2.41. The summed E-state index contributed by atoms with van der Waals surface area (Å²) in [7, 11) is -3.97. The highest BCUT2D eigenvalue weighted by atomic mass is 32.2. The minimum absolute atomic E-state index is 0.0632. The van der Waals surface area contributed by atoms with Gasteiger partial charge in [-0.15, -0.1) is 0 Å². The number of carbonyl (C=O) groups is 1. The number of sulfonamides is 1. The van der Waals surface area contributed by atoms with E-state index in [0.29, 0.717) is 11.1 Å². The van der Waals surface area contributed by atoms with Crippen LogP contribution >= 0.6 is 0 Å². The van der Waals surface area contributed by atoms with Crippen LogP contribution in [0.1, 0.15) is 46.3 Å². The summed E-state index contributed by atoms with van der Waals surface area (Å²) in [6.07, 6.45) is 0. The monoisotopic (exact) mass is 482 g/mol. The second-order valence-electron chi connectivity index (χ2n) is 8.83. The summed E-state index contributed by atoms with van der Waals surface area (Å²) in [4.78, 5) is 13.2. The molecule has 1 amide bonds. The van der Waals surface area contributed by atoms with Gasteiger partial charge in [0.15, 0.2) is 0 Å². The zero-order chi connectivity index (χ0) is 25.0. The average Bonchev–Trinajstić information content (AvgIpc) is 2.74. The SMILES string of the molecule is Cc1ccc(CN(CC(=O)NC(C)c2ccc(F)cc2)S(=O)(=O)c2c(C)cc(C)cc2C)cc1. The predicted octanol–water partition coefficient (Wildman–Crippen LogP) is 5.13. The van der Waals surface area contributed by atoms with Gasteiger partial charge in [-0.25, -0.2) is 12.8 Å². The molecular weight excluding hydrogens is 451 g/mol. The molecular formula is C27H31FN2O3S. The van der Waals surface area contributed by atoms with Gasteiger partial charge in [-0.05, 0) is 69.0 Å². The van der Waals surface area contributed by atoms with E-state index in [-0.39, 0.29) is 23.8 Å². The molecule has 0 aliphatic heterocycles. The maximum atomic E-state index is 13.8. The van der Waals surface area contributed by atoms with Gasteiger partial charge in [-0.3, -0.25) is 4.79 Å². The van der Waals surface area contributed by atoms with Gasteiger partial charge in [0.05, 0.1) is 17.5 Å². The number of nitrogens with one attached hydrogen (secondary N) is 1. The van der Waals surface area contributed by atoms with Crippen molar-refractivity contribution >= 4 is 15.9 Å². The van der Waals surface area contributed by atoms with Crippen LogP contribution in [0.4, 0.5) is 4.39 Å². The summed E-state index contributed by atoms with van der Waals surface area (Å²) in [6.45, 7) is 8.92. The number of hydrogen-bond donors (Lipinski definition) is 1. The summed E-state index contributed by atoms with van der Waals surface area (Å²) < 4.78 is 42.0. The van der Waals surface area contributed by atoms with Crippen LogP contribution in [0.2, 0.25) is 0 Å². The van der Waals surface area contributed by atoms with Crippen molar-refractivity contribution in [3.8, 4) is 0 Å². The molecule has 3 aromatic rings. The maximum Gasteiger partial charge on any atom is 0.244 e. The normalized spacial score (nSPS) is 12.6. The number of hydrogen-bond acceptors (Lipinski definition) is 3. The van der Waals surface area contributed by atoms with Crippen molar-refractivity contribution in [3.63, 3.8) is 0 Å². The standard InChI is InChI=1S/C27H31FN2O3S/c1-18-6-8-23(9-7-18)16-30(34(32,33)27-20(3)14-19(2)15-21(27)4)17-26(31)29-22(5)24-10-12-25(28)13-11-24/h6-15,22H,16-17H2,1-5H3,(H,29,31). The molecule has 3 aromatic carbocycles. The number of benzene rings is 3. The van der Waals surface area contributed by atoms with E-state index in [1.165, 1.54) is 16.4 Å². The molecule has 0 aromatic heterocycles. The Kier molecular flexibility index (Phi) is 7.89. The van der Waals surface area contributed by atoms with Crippen LogP contribution in [0.15, 0.2) is 65.6 Å².